The Morgan fingerprint density at radius 1 is 1.20 bits per heavy atom. The topological polar surface area (TPSA) is 77.2 Å². The van der Waals surface area contributed by atoms with Crippen LogP contribution >= 0.6 is 0 Å². The first-order chi connectivity index (χ1) is 11.9. The summed E-state index contributed by atoms with van der Waals surface area (Å²) in [7, 11) is 0. The van der Waals surface area contributed by atoms with Gasteiger partial charge in [0.2, 0.25) is 0 Å². The molecule has 0 saturated carbocycles. The first kappa shape index (κ1) is 17.8. The molecule has 0 aliphatic carbocycles. The summed E-state index contributed by atoms with van der Waals surface area (Å²) in [4.78, 5) is 17.1. The third-order valence-electron chi connectivity index (χ3n) is 5.23. The molecule has 0 fully saturated rings. The van der Waals surface area contributed by atoms with E-state index in [1.165, 1.54) is 12.1 Å². The maximum Gasteiger partial charge on any atom is 0.341 e. The summed E-state index contributed by atoms with van der Waals surface area (Å²) in [5.41, 5.74) is 1.56. The number of phenols is 2. The van der Waals surface area contributed by atoms with Gasteiger partial charge in [0.25, 0.3) is 0 Å². The van der Waals surface area contributed by atoms with Crippen LogP contribution in [0.2, 0.25) is 0 Å². The van der Waals surface area contributed by atoms with Gasteiger partial charge in [-0.15, -0.1) is 0 Å². The van der Waals surface area contributed by atoms with Gasteiger partial charge in [-0.1, -0.05) is 13.8 Å². The molecule has 0 bridgehead atoms. The zero-order valence-electron chi connectivity index (χ0n) is 15.1. The molecular formula is C19H26N2O4. The summed E-state index contributed by atoms with van der Waals surface area (Å²) in [6, 6.07) is 3.21. The minimum atomic E-state index is -0.354. The fourth-order valence-corrected chi connectivity index (χ4v) is 3.84. The molecule has 0 radical (unpaired) electrons. The molecule has 1 aliphatic heterocycles. The van der Waals surface area contributed by atoms with Crippen molar-refractivity contribution >= 4 is 11.0 Å². The standard InChI is InChI=1S/C19H26N2O4/c1-4-21(5-2)12(3)10-20-7-6-13-14-8-16(22)17(23)9-18(14)25-19(24)15(13)11-20/h8-9,12,22-23H,4-7,10-11H2,1-3H3. The monoisotopic (exact) mass is 346 g/mol. The van der Waals surface area contributed by atoms with Gasteiger partial charge in [0.15, 0.2) is 11.5 Å². The van der Waals surface area contributed by atoms with Crippen molar-refractivity contribution in [3.63, 3.8) is 0 Å². The van der Waals surface area contributed by atoms with Crippen LogP contribution in [0.3, 0.4) is 0 Å². The quantitative estimate of drug-likeness (QED) is 0.639. The predicted octanol–water partition coefficient (Wildman–Crippen LogP) is 2.29. The first-order valence-corrected chi connectivity index (χ1v) is 8.91. The molecule has 136 valence electrons. The number of rotatable bonds is 5. The summed E-state index contributed by atoms with van der Waals surface area (Å²) in [6.07, 6.45) is 0.729. The van der Waals surface area contributed by atoms with Crippen LogP contribution in [-0.4, -0.2) is 52.2 Å². The Labute approximate surface area is 147 Å². The largest absolute Gasteiger partial charge is 0.504 e. The second-order valence-corrected chi connectivity index (χ2v) is 6.74. The number of hydrogen-bond acceptors (Lipinski definition) is 6. The lowest BCUT2D eigenvalue weighted by Gasteiger charge is -2.34. The third-order valence-corrected chi connectivity index (χ3v) is 5.23. The lowest BCUT2D eigenvalue weighted by atomic mass is 9.97. The minimum absolute atomic E-state index is 0.193. The van der Waals surface area contributed by atoms with Gasteiger partial charge in [-0.05, 0) is 38.1 Å². The van der Waals surface area contributed by atoms with Gasteiger partial charge in [-0.25, -0.2) is 4.79 Å². The maximum atomic E-state index is 12.4. The van der Waals surface area contributed by atoms with Crippen LogP contribution in [0.25, 0.3) is 11.0 Å². The molecule has 6 heteroatoms. The van der Waals surface area contributed by atoms with E-state index < -0.39 is 0 Å². The number of nitrogens with zero attached hydrogens (tertiary/aromatic N) is 2. The van der Waals surface area contributed by atoms with Crippen molar-refractivity contribution in [2.45, 2.75) is 39.8 Å². The number of benzene rings is 1. The molecule has 6 nitrogen and oxygen atoms in total. The lowest BCUT2D eigenvalue weighted by Crippen LogP contribution is -2.44. The number of hydrogen-bond donors (Lipinski definition) is 2. The fraction of sp³-hybridized carbons (Fsp3) is 0.526. The zero-order valence-corrected chi connectivity index (χ0v) is 15.1. The highest BCUT2D eigenvalue weighted by Gasteiger charge is 2.25. The molecule has 2 heterocycles. The molecule has 0 spiro atoms. The summed E-state index contributed by atoms with van der Waals surface area (Å²) in [5, 5.41) is 20.1. The number of fused-ring (bicyclic) bond motifs is 3. The Morgan fingerprint density at radius 2 is 1.88 bits per heavy atom. The van der Waals surface area contributed by atoms with E-state index >= 15 is 0 Å². The van der Waals surface area contributed by atoms with E-state index in [0.717, 1.165) is 38.2 Å². The van der Waals surface area contributed by atoms with E-state index in [-0.39, 0.29) is 17.1 Å². The molecule has 0 amide bonds. The predicted molar refractivity (Wildman–Crippen MR) is 97.2 cm³/mol. The highest BCUT2D eigenvalue weighted by atomic mass is 16.4. The van der Waals surface area contributed by atoms with Gasteiger partial charge in [-0.2, -0.15) is 0 Å². The molecule has 1 atom stereocenters. The van der Waals surface area contributed by atoms with Crippen LogP contribution in [0.5, 0.6) is 11.5 Å². The van der Waals surface area contributed by atoms with Gasteiger partial charge in [0.05, 0.1) is 5.56 Å². The molecule has 3 rings (SSSR count). The number of aromatic hydroxyl groups is 2. The van der Waals surface area contributed by atoms with Crippen LogP contribution in [0, 0.1) is 0 Å². The Balaban J connectivity index is 1.90. The van der Waals surface area contributed by atoms with E-state index in [2.05, 4.69) is 30.6 Å². The summed E-state index contributed by atoms with van der Waals surface area (Å²) < 4.78 is 5.38. The van der Waals surface area contributed by atoms with Crippen LogP contribution in [0.1, 0.15) is 31.9 Å². The highest BCUT2D eigenvalue weighted by Crippen LogP contribution is 2.33. The Kier molecular flexibility index (Phi) is 5.01. The van der Waals surface area contributed by atoms with Crippen LogP contribution in [-0.2, 0) is 13.0 Å². The van der Waals surface area contributed by atoms with Crippen molar-refractivity contribution < 1.29 is 14.6 Å². The van der Waals surface area contributed by atoms with Gasteiger partial charge in [0.1, 0.15) is 5.58 Å². The van der Waals surface area contributed by atoms with Crippen molar-refractivity contribution in [2.24, 2.45) is 0 Å². The Morgan fingerprint density at radius 3 is 2.56 bits per heavy atom. The molecule has 1 aromatic heterocycles. The molecule has 0 saturated heterocycles. The maximum absolute atomic E-state index is 12.4. The van der Waals surface area contributed by atoms with E-state index in [1.807, 2.05) is 0 Å². The average Bonchev–Trinajstić information content (AvgIpc) is 2.58. The van der Waals surface area contributed by atoms with Crippen LogP contribution in [0.4, 0.5) is 0 Å². The number of likely N-dealkylation sites (N-methyl/N-ethyl adjacent to an activating group) is 1. The minimum Gasteiger partial charge on any atom is -0.504 e. The highest BCUT2D eigenvalue weighted by molar-refractivity contribution is 5.84. The normalized spacial score (nSPS) is 16.3. The summed E-state index contributed by atoms with van der Waals surface area (Å²) in [6.45, 7) is 10.9. The van der Waals surface area contributed by atoms with Crippen molar-refractivity contribution in [2.75, 3.05) is 26.2 Å². The first-order valence-electron chi connectivity index (χ1n) is 8.91. The van der Waals surface area contributed by atoms with Gasteiger partial charge in [0, 0.05) is 37.1 Å². The van der Waals surface area contributed by atoms with E-state index in [9.17, 15) is 15.0 Å². The fourth-order valence-electron chi connectivity index (χ4n) is 3.84. The SMILES string of the molecule is CCN(CC)C(C)CN1CCc2c(c(=O)oc3cc(O)c(O)cc23)C1. The second-order valence-electron chi connectivity index (χ2n) is 6.74. The molecule has 2 N–H and O–H groups in total. The van der Waals surface area contributed by atoms with Gasteiger partial charge in [-0.3, -0.25) is 9.80 Å². The Hall–Kier alpha value is -2.05. The molecule has 25 heavy (non-hydrogen) atoms. The van der Waals surface area contributed by atoms with Crippen LogP contribution in [0.15, 0.2) is 21.3 Å². The molecule has 1 aromatic carbocycles. The third kappa shape index (κ3) is 3.37. The Bertz CT molecular complexity index is 826. The van der Waals surface area contributed by atoms with Crippen LogP contribution < -0.4 is 5.63 Å². The molecular weight excluding hydrogens is 320 g/mol. The summed E-state index contributed by atoms with van der Waals surface area (Å²) in [5.74, 6) is -0.470. The molecule has 1 aliphatic rings. The van der Waals surface area contributed by atoms with E-state index in [4.69, 9.17) is 4.42 Å². The van der Waals surface area contributed by atoms with Crippen molar-refractivity contribution in [1.82, 2.24) is 9.80 Å². The van der Waals surface area contributed by atoms with E-state index in [1.54, 1.807) is 0 Å². The lowest BCUT2D eigenvalue weighted by molar-refractivity contribution is 0.149. The molecule has 1 unspecified atom stereocenters. The summed E-state index contributed by atoms with van der Waals surface area (Å²) >= 11 is 0. The van der Waals surface area contributed by atoms with Crippen molar-refractivity contribution in [3.8, 4) is 11.5 Å². The van der Waals surface area contributed by atoms with Gasteiger partial charge < -0.3 is 14.6 Å². The smallest absolute Gasteiger partial charge is 0.341 e. The average molecular weight is 346 g/mol. The van der Waals surface area contributed by atoms with Crippen molar-refractivity contribution in [3.05, 3.63) is 33.7 Å². The van der Waals surface area contributed by atoms with Gasteiger partial charge >= 0.3 is 5.63 Å². The van der Waals surface area contributed by atoms with E-state index in [0.29, 0.717) is 29.1 Å². The number of phenolic OH excluding ortho intramolecular Hbond substituents is 2. The van der Waals surface area contributed by atoms with Crippen molar-refractivity contribution in [1.29, 1.82) is 0 Å². The molecule has 2 aromatic rings. The zero-order chi connectivity index (χ0) is 18.1. The second kappa shape index (κ2) is 7.06.